The molecule has 178 valence electrons. The molecule has 0 unspecified atom stereocenters. The van der Waals surface area contributed by atoms with Gasteiger partial charge < -0.3 is 10.6 Å². The fourth-order valence-corrected chi connectivity index (χ4v) is 5.65. The second-order valence-electron chi connectivity index (χ2n) is 8.48. The monoisotopic (exact) mass is 497 g/mol. The number of piperidine rings is 1. The molecular formula is C26H28ClN3O3S. The Hall–Kier alpha value is -2.71. The second kappa shape index (κ2) is 11.1. The Bertz CT molecular complexity index is 1150. The number of carbonyl (C=O) groups is 1. The Balaban J connectivity index is 1.39. The summed E-state index contributed by atoms with van der Waals surface area (Å²) >= 11 is 5.87. The molecule has 4 rings (SSSR count). The van der Waals surface area contributed by atoms with Gasteiger partial charge in [-0.25, -0.2) is 13.1 Å². The highest BCUT2D eigenvalue weighted by atomic mass is 35.5. The molecule has 1 saturated heterocycles. The number of rotatable bonds is 8. The SMILES string of the molecule is O=C(NCC(c1ccccc1)c1ccccc1)[C@@H]1CNC[C@@H](NS(=O)(=O)c2ccc(Cl)cc2)C1. The van der Waals surface area contributed by atoms with Crippen LogP contribution in [-0.4, -0.2) is 40.0 Å². The first-order valence-corrected chi connectivity index (χ1v) is 13.1. The lowest BCUT2D eigenvalue weighted by Gasteiger charge is -2.30. The molecule has 0 aromatic heterocycles. The smallest absolute Gasteiger partial charge is 0.240 e. The summed E-state index contributed by atoms with van der Waals surface area (Å²) in [5.74, 6) is -0.388. The lowest BCUT2D eigenvalue weighted by molar-refractivity contribution is -0.125. The van der Waals surface area contributed by atoms with E-state index < -0.39 is 10.0 Å². The maximum Gasteiger partial charge on any atom is 0.240 e. The zero-order chi connectivity index (χ0) is 24.0. The highest BCUT2D eigenvalue weighted by Crippen LogP contribution is 2.24. The number of benzene rings is 3. The van der Waals surface area contributed by atoms with Crippen molar-refractivity contribution in [2.24, 2.45) is 5.92 Å². The Morgan fingerprint density at radius 2 is 1.50 bits per heavy atom. The molecule has 3 N–H and O–H groups in total. The molecule has 34 heavy (non-hydrogen) atoms. The Morgan fingerprint density at radius 3 is 2.09 bits per heavy atom. The fraction of sp³-hybridized carbons (Fsp3) is 0.269. The molecule has 0 radical (unpaired) electrons. The summed E-state index contributed by atoms with van der Waals surface area (Å²) in [5.41, 5.74) is 2.26. The zero-order valence-corrected chi connectivity index (χ0v) is 20.2. The number of nitrogens with one attached hydrogen (secondary N) is 3. The second-order valence-corrected chi connectivity index (χ2v) is 10.6. The van der Waals surface area contributed by atoms with E-state index in [9.17, 15) is 13.2 Å². The van der Waals surface area contributed by atoms with E-state index in [1.54, 1.807) is 12.1 Å². The van der Waals surface area contributed by atoms with Crippen molar-refractivity contribution in [3.8, 4) is 0 Å². The summed E-state index contributed by atoms with van der Waals surface area (Å²) in [4.78, 5) is 13.2. The average molecular weight is 498 g/mol. The van der Waals surface area contributed by atoms with Crippen LogP contribution in [0.25, 0.3) is 0 Å². The van der Waals surface area contributed by atoms with Gasteiger partial charge in [-0.1, -0.05) is 72.3 Å². The van der Waals surface area contributed by atoms with E-state index in [-0.39, 0.29) is 28.7 Å². The number of amides is 1. The van der Waals surface area contributed by atoms with Gasteiger partial charge in [0.2, 0.25) is 15.9 Å². The quantitative estimate of drug-likeness (QED) is 0.444. The first-order chi connectivity index (χ1) is 16.4. The summed E-state index contributed by atoms with van der Waals surface area (Å²) in [6.07, 6.45) is 0.424. The van der Waals surface area contributed by atoms with Gasteiger partial charge in [-0.3, -0.25) is 4.79 Å². The van der Waals surface area contributed by atoms with E-state index in [4.69, 9.17) is 11.6 Å². The average Bonchev–Trinajstić information content (AvgIpc) is 2.85. The van der Waals surface area contributed by atoms with Crippen LogP contribution < -0.4 is 15.4 Å². The number of hydrogen-bond donors (Lipinski definition) is 3. The molecule has 0 saturated carbocycles. The minimum Gasteiger partial charge on any atom is -0.355 e. The van der Waals surface area contributed by atoms with Crippen LogP contribution in [-0.2, 0) is 14.8 Å². The van der Waals surface area contributed by atoms with E-state index in [1.807, 2.05) is 36.4 Å². The largest absolute Gasteiger partial charge is 0.355 e. The molecule has 8 heteroatoms. The minimum absolute atomic E-state index is 0.0297. The first kappa shape index (κ1) is 24.4. The molecule has 1 fully saturated rings. The van der Waals surface area contributed by atoms with Crippen molar-refractivity contribution >= 4 is 27.5 Å². The Morgan fingerprint density at radius 1 is 0.912 bits per heavy atom. The molecule has 1 aliphatic rings. The van der Waals surface area contributed by atoms with Crippen LogP contribution in [0.4, 0.5) is 0 Å². The lowest BCUT2D eigenvalue weighted by atomic mass is 9.90. The Labute approximate surface area is 205 Å². The summed E-state index contributed by atoms with van der Waals surface area (Å²) < 4.78 is 28.2. The van der Waals surface area contributed by atoms with E-state index in [0.717, 1.165) is 11.1 Å². The molecule has 2 atom stereocenters. The van der Waals surface area contributed by atoms with E-state index in [2.05, 4.69) is 39.6 Å². The number of hydrogen-bond acceptors (Lipinski definition) is 4. The molecule has 3 aromatic carbocycles. The van der Waals surface area contributed by atoms with Gasteiger partial charge in [-0.2, -0.15) is 0 Å². The third-order valence-corrected chi connectivity index (χ3v) is 7.84. The maximum atomic E-state index is 13.0. The fourth-order valence-electron chi connectivity index (χ4n) is 4.28. The van der Waals surface area contributed by atoms with Crippen LogP contribution in [0.2, 0.25) is 5.02 Å². The van der Waals surface area contributed by atoms with Crippen LogP contribution in [0.3, 0.4) is 0 Å². The molecule has 1 heterocycles. The van der Waals surface area contributed by atoms with Crippen molar-refractivity contribution in [2.45, 2.75) is 23.3 Å². The van der Waals surface area contributed by atoms with E-state index in [1.165, 1.54) is 12.1 Å². The van der Waals surface area contributed by atoms with Gasteiger partial charge in [-0.15, -0.1) is 0 Å². The van der Waals surface area contributed by atoms with Gasteiger partial charge in [0.25, 0.3) is 0 Å². The molecule has 1 amide bonds. The van der Waals surface area contributed by atoms with Crippen molar-refractivity contribution in [1.82, 2.24) is 15.4 Å². The number of carbonyl (C=O) groups excluding carboxylic acids is 1. The molecule has 1 aliphatic heterocycles. The normalized spacial score (nSPS) is 18.5. The summed E-state index contributed by atoms with van der Waals surface area (Å²) in [6, 6.07) is 25.8. The van der Waals surface area contributed by atoms with Crippen LogP contribution in [0.15, 0.2) is 89.8 Å². The Kier molecular flexibility index (Phi) is 8.00. The van der Waals surface area contributed by atoms with Gasteiger partial charge in [0.15, 0.2) is 0 Å². The minimum atomic E-state index is -3.70. The van der Waals surface area contributed by atoms with Crippen LogP contribution in [0, 0.1) is 5.92 Å². The molecule has 3 aromatic rings. The maximum absolute atomic E-state index is 13.0. The summed E-state index contributed by atoms with van der Waals surface area (Å²) in [6.45, 7) is 1.43. The summed E-state index contributed by atoms with van der Waals surface area (Å²) in [7, 11) is -3.70. The zero-order valence-electron chi connectivity index (χ0n) is 18.7. The van der Waals surface area contributed by atoms with Crippen molar-refractivity contribution < 1.29 is 13.2 Å². The third kappa shape index (κ3) is 6.24. The number of sulfonamides is 1. The predicted octanol–water partition coefficient (Wildman–Crippen LogP) is 3.54. The third-order valence-electron chi connectivity index (χ3n) is 6.05. The highest BCUT2D eigenvalue weighted by Gasteiger charge is 2.30. The molecule has 6 nitrogen and oxygen atoms in total. The standard InChI is InChI=1S/C26H28ClN3O3S/c27-22-11-13-24(14-12-22)34(32,33)30-23-15-21(16-28-17-23)26(31)29-18-25(19-7-3-1-4-8-19)20-9-5-2-6-10-20/h1-14,21,23,25,28,30H,15-18H2,(H,29,31)/t21-,23-/m0/s1. The topological polar surface area (TPSA) is 87.3 Å². The van der Waals surface area contributed by atoms with Crippen molar-refractivity contribution in [1.29, 1.82) is 0 Å². The van der Waals surface area contributed by atoms with Crippen molar-refractivity contribution in [2.75, 3.05) is 19.6 Å². The van der Waals surface area contributed by atoms with E-state index >= 15 is 0 Å². The van der Waals surface area contributed by atoms with Gasteiger partial charge in [0, 0.05) is 36.6 Å². The highest BCUT2D eigenvalue weighted by molar-refractivity contribution is 7.89. The number of halogens is 1. The van der Waals surface area contributed by atoms with Crippen molar-refractivity contribution in [3.05, 3.63) is 101 Å². The van der Waals surface area contributed by atoms with Crippen LogP contribution in [0.1, 0.15) is 23.5 Å². The predicted molar refractivity (Wildman–Crippen MR) is 134 cm³/mol. The molecule has 0 spiro atoms. The van der Waals surface area contributed by atoms with Crippen molar-refractivity contribution in [3.63, 3.8) is 0 Å². The molecular weight excluding hydrogens is 470 g/mol. The van der Waals surface area contributed by atoms with Gasteiger partial charge in [-0.05, 0) is 41.8 Å². The van der Waals surface area contributed by atoms with Gasteiger partial charge in [0.1, 0.15) is 0 Å². The molecule has 0 bridgehead atoms. The first-order valence-electron chi connectivity index (χ1n) is 11.3. The lowest BCUT2D eigenvalue weighted by Crippen LogP contribution is -2.52. The van der Waals surface area contributed by atoms with Crippen LogP contribution >= 0.6 is 11.6 Å². The van der Waals surface area contributed by atoms with E-state index in [0.29, 0.717) is 31.1 Å². The molecule has 0 aliphatic carbocycles. The van der Waals surface area contributed by atoms with Crippen LogP contribution in [0.5, 0.6) is 0 Å². The summed E-state index contributed by atoms with van der Waals surface area (Å²) in [5, 5.41) is 6.76. The van der Waals surface area contributed by atoms with Gasteiger partial charge in [0.05, 0.1) is 10.8 Å². The van der Waals surface area contributed by atoms with Gasteiger partial charge >= 0.3 is 0 Å².